The van der Waals surface area contributed by atoms with Gasteiger partial charge < -0.3 is 14.6 Å². The summed E-state index contributed by atoms with van der Waals surface area (Å²) in [5.41, 5.74) is -0.790. The molecule has 1 N–H and O–H groups in total. The van der Waals surface area contributed by atoms with Crippen molar-refractivity contribution in [2.24, 2.45) is 23.7 Å². The van der Waals surface area contributed by atoms with Crippen LogP contribution in [0.1, 0.15) is 40.0 Å². The highest BCUT2D eigenvalue weighted by molar-refractivity contribution is 5.74. The summed E-state index contributed by atoms with van der Waals surface area (Å²) >= 11 is 0. The van der Waals surface area contributed by atoms with Gasteiger partial charge in [-0.05, 0) is 25.7 Å². The fraction of sp³-hybridized carbons (Fsp3) is 0.933. The van der Waals surface area contributed by atoms with Crippen LogP contribution in [-0.4, -0.2) is 34.9 Å². The van der Waals surface area contributed by atoms with Crippen LogP contribution in [0.3, 0.4) is 0 Å². The van der Waals surface area contributed by atoms with Crippen LogP contribution in [-0.2, 0) is 24.0 Å². The summed E-state index contributed by atoms with van der Waals surface area (Å²) in [5.74, 6) is -1.54. The van der Waals surface area contributed by atoms with E-state index in [-0.39, 0.29) is 29.6 Å². The predicted molar refractivity (Wildman–Crippen MR) is 69.4 cm³/mol. The van der Waals surface area contributed by atoms with Gasteiger partial charge in [0.25, 0.3) is 0 Å². The zero-order valence-electron chi connectivity index (χ0n) is 12.6. The van der Waals surface area contributed by atoms with Gasteiger partial charge in [-0.25, -0.2) is 9.78 Å². The van der Waals surface area contributed by atoms with Gasteiger partial charge in [0.15, 0.2) is 5.60 Å². The Labute approximate surface area is 123 Å². The highest BCUT2D eigenvalue weighted by Crippen LogP contribution is 2.59. The Bertz CT molecular complexity index is 477. The van der Waals surface area contributed by atoms with Crippen molar-refractivity contribution < 1.29 is 29.1 Å². The number of esters is 1. The van der Waals surface area contributed by atoms with E-state index in [9.17, 15) is 9.90 Å². The van der Waals surface area contributed by atoms with Crippen LogP contribution in [0.2, 0.25) is 0 Å². The van der Waals surface area contributed by atoms with E-state index in [1.165, 1.54) is 0 Å². The SMILES string of the molecule is C[C@@H]1[C@H](O)C[C@H]2[C@@H](C)C(=O)O[C@@H]3O[C@@]4(C)CC[C@@H]1[C@]32OO4. The van der Waals surface area contributed by atoms with Gasteiger partial charge in [-0.15, -0.1) is 0 Å². The van der Waals surface area contributed by atoms with Crippen LogP contribution in [0, 0.1) is 23.7 Å². The van der Waals surface area contributed by atoms with Crippen molar-refractivity contribution in [3.63, 3.8) is 0 Å². The largest absolute Gasteiger partial charge is 0.432 e. The summed E-state index contributed by atoms with van der Waals surface area (Å²) in [6.07, 6.45) is 0.812. The lowest BCUT2D eigenvalue weighted by Crippen LogP contribution is -2.71. The van der Waals surface area contributed by atoms with E-state index < -0.39 is 23.8 Å². The number of carbonyl (C=O) groups is 1. The molecular weight excluding hydrogens is 276 g/mol. The lowest BCUT2D eigenvalue weighted by atomic mass is 9.57. The minimum absolute atomic E-state index is 0.0520. The molecule has 4 saturated heterocycles. The average Bonchev–Trinajstić information content (AvgIpc) is 2.66. The molecule has 21 heavy (non-hydrogen) atoms. The first-order valence-electron chi connectivity index (χ1n) is 7.80. The van der Waals surface area contributed by atoms with Gasteiger partial charge in [-0.1, -0.05) is 13.8 Å². The standard InChI is InChI=1S/C15H22O6/c1-7-9-4-5-14(3)19-13-15(9,21-20-14)10(6-11(7)16)8(2)12(17)18-13/h7-11,13,16H,4-6H2,1-3H3/t7-,8+,9-,10-,11+,13+,14+,15+/m0/s1. The van der Waals surface area contributed by atoms with E-state index >= 15 is 0 Å². The first-order chi connectivity index (χ1) is 9.87. The molecule has 6 heteroatoms. The van der Waals surface area contributed by atoms with Crippen LogP contribution >= 0.6 is 0 Å². The monoisotopic (exact) mass is 298 g/mol. The molecule has 6 nitrogen and oxygen atoms in total. The molecule has 0 unspecified atom stereocenters. The molecule has 0 aromatic heterocycles. The van der Waals surface area contributed by atoms with Crippen molar-refractivity contribution in [2.75, 3.05) is 0 Å². The molecule has 118 valence electrons. The molecule has 0 aromatic rings. The van der Waals surface area contributed by atoms with E-state index in [1.807, 2.05) is 13.8 Å². The van der Waals surface area contributed by atoms with Crippen molar-refractivity contribution in [3.05, 3.63) is 0 Å². The summed E-state index contributed by atoms with van der Waals surface area (Å²) < 4.78 is 11.5. The fourth-order valence-corrected chi connectivity index (χ4v) is 4.72. The van der Waals surface area contributed by atoms with Gasteiger partial charge in [0, 0.05) is 18.3 Å². The second-order valence-electron chi connectivity index (χ2n) is 7.24. The maximum absolute atomic E-state index is 12.1. The molecule has 1 saturated carbocycles. The Morgan fingerprint density at radius 1 is 1.24 bits per heavy atom. The van der Waals surface area contributed by atoms with Crippen LogP contribution in [0.5, 0.6) is 0 Å². The summed E-state index contributed by atoms with van der Waals surface area (Å²) in [5, 5.41) is 10.4. The lowest BCUT2D eigenvalue weighted by Gasteiger charge is -2.58. The third-order valence-corrected chi connectivity index (χ3v) is 6.09. The van der Waals surface area contributed by atoms with Crippen molar-refractivity contribution in [3.8, 4) is 0 Å². The minimum atomic E-state index is -0.886. The van der Waals surface area contributed by atoms with Crippen molar-refractivity contribution in [1.29, 1.82) is 0 Å². The predicted octanol–water partition coefficient (Wildman–Crippen LogP) is 1.37. The molecular formula is C15H22O6. The van der Waals surface area contributed by atoms with Crippen LogP contribution < -0.4 is 0 Å². The Morgan fingerprint density at radius 3 is 2.76 bits per heavy atom. The third-order valence-electron chi connectivity index (χ3n) is 6.09. The van der Waals surface area contributed by atoms with Crippen molar-refractivity contribution in [2.45, 2.75) is 63.8 Å². The van der Waals surface area contributed by atoms with Crippen LogP contribution in [0.25, 0.3) is 0 Å². The molecule has 1 spiro atoms. The quantitative estimate of drug-likeness (QED) is 0.538. The molecule has 0 aromatic carbocycles. The first kappa shape index (κ1) is 13.9. The molecule has 8 atom stereocenters. The maximum atomic E-state index is 12.1. The average molecular weight is 298 g/mol. The molecule has 0 amide bonds. The number of hydrogen-bond donors (Lipinski definition) is 1. The summed E-state index contributed by atoms with van der Waals surface area (Å²) in [6, 6.07) is 0. The lowest BCUT2D eigenvalue weighted by molar-refractivity contribution is -0.560. The molecule has 5 fully saturated rings. The normalized spacial score (nSPS) is 59.1. The topological polar surface area (TPSA) is 74.2 Å². The summed E-state index contributed by atoms with van der Waals surface area (Å²) in [7, 11) is 0. The molecule has 5 aliphatic rings. The zero-order valence-corrected chi connectivity index (χ0v) is 12.6. The molecule has 0 radical (unpaired) electrons. The van der Waals surface area contributed by atoms with E-state index in [0.717, 1.165) is 6.42 Å². The summed E-state index contributed by atoms with van der Waals surface area (Å²) in [4.78, 5) is 23.6. The highest BCUT2D eigenvalue weighted by atomic mass is 17.3. The fourth-order valence-electron chi connectivity index (χ4n) is 4.72. The zero-order chi connectivity index (χ0) is 15.0. The highest BCUT2D eigenvalue weighted by Gasteiger charge is 2.71. The Balaban J connectivity index is 1.85. The Hall–Kier alpha value is -0.690. The smallest absolute Gasteiger partial charge is 0.311 e. The van der Waals surface area contributed by atoms with Crippen LogP contribution in [0.15, 0.2) is 0 Å². The number of aliphatic hydroxyl groups is 1. The molecule has 1 aliphatic carbocycles. The second-order valence-corrected chi connectivity index (χ2v) is 7.24. The minimum Gasteiger partial charge on any atom is -0.432 e. The summed E-state index contributed by atoms with van der Waals surface area (Å²) in [6.45, 7) is 5.67. The van der Waals surface area contributed by atoms with Gasteiger partial charge in [-0.2, -0.15) is 0 Å². The van der Waals surface area contributed by atoms with Gasteiger partial charge in [0.2, 0.25) is 12.1 Å². The van der Waals surface area contributed by atoms with Gasteiger partial charge in [-0.3, -0.25) is 4.79 Å². The Kier molecular flexibility index (Phi) is 2.78. The van der Waals surface area contributed by atoms with Gasteiger partial charge in [0.1, 0.15) is 0 Å². The van der Waals surface area contributed by atoms with E-state index in [2.05, 4.69) is 0 Å². The van der Waals surface area contributed by atoms with Crippen molar-refractivity contribution >= 4 is 5.97 Å². The Morgan fingerprint density at radius 2 is 2.00 bits per heavy atom. The molecule has 4 aliphatic heterocycles. The number of hydrogen-bond acceptors (Lipinski definition) is 6. The maximum Gasteiger partial charge on any atom is 0.311 e. The molecule has 5 rings (SSSR count). The number of rotatable bonds is 0. The second kappa shape index (κ2) is 4.19. The van der Waals surface area contributed by atoms with E-state index in [1.54, 1.807) is 6.92 Å². The molecule has 4 heterocycles. The first-order valence-corrected chi connectivity index (χ1v) is 7.80. The van der Waals surface area contributed by atoms with Crippen molar-refractivity contribution in [1.82, 2.24) is 0 Å². The molecule has 2 bridgehead atoms. The number of aliphatic hydroxyl groups excluding tert-OH is 1. The number of fused-ring (bicyclic) bond motifs is 2. The number of carbonyl (C=O) groups excluding carboxylic acids is 1. The number of ether oxygens (including phenoxy) is 2. The van der Waals surface area contributed by atoms with Gasteiger partial charge >= 0.3 is 5.97 Å². The van der Waals surface area contributed by atoms with Gasteiger partial charge in [0.05, 0.1) is 12.0 Å². The van der Waals surface area contributed by atoms with E-state index in [0.29, 0.717) is 12.8 Å². The van der Waals surface area contributed by atoms with E-state index in [4.69, 9.17) is 19.2 Å². The van der Waals surface area contributed by atoms with Crippen LogP contribution in [0.4, 0.5) is 0 Å². The third kappa shape index (κ3) is 1.64.